The van der Waals surface area contributed by atoms with Gasteiger partial charge in [0.2, 0.25) is 0 Å². The van der Waals surface area contributed by atoms with Gasteiger partial charge in [0, 0.05) is 19.3 Å². The van der Waals surface area contributed by atoms with Crippen molar-refractivity contribution in [2.45, 2.75) is 136 Å². The third-order valence-electron chi connectivity index (χ3n) is 6.84. The number of rotatable bonds is 22. The number of hydrogen-bond acceptors (Lipinski definition) is 4. The minimum Gasteiger partial charge on any atom is -0.544 e. The van der Waals surface area contributed by atoms with Crippen LogP contribution >= 0.6 is 0 Å². The molecule has 3 atom stereocenters. The normalized spacial score (nSPS) is 16.1. The molecule has 7 nitrogen and oxygen atoms in total. The van der Waals surface area contributed by atoms with Gasteiger partial charge >= 0.3 is 11.9 Å². The van der Waals surface area contributed by atoms with Crippen molar-refractivity contribution in [3.63, 3.8) is 0 Å². The number of carboxylic acid groups (broad SMARTS) is 3. The molecule has 0 saturated carbocycles. The third-order valence-corrected chi connectivity index (χ3v) is 6.84. The Bertz CT molecular complexity index is 558. The molecule has 0 amide bonds. The van der Waals surface area contributed by atoms with Crippen LogP contribution in [0.1, 0.15) is 118 Å². The Morgan fingerprint density at radius 1 is 0.706 bits per heavy atom. The fourth-order valence-corrected chi connectivity index (χ4v) is 5.27. The maximum absolute atomic E-state index is 12.5. The zero-order chi connectivity index (χ0) is 26.0. The first-order valence-corrected chi connectivity index (χ1v) is 13.4. The molecule has 0 heterocycles. The molecule has 0 aromatic carbocycles. The summed E-state index contributed by atoms with van der Waals surface area (Å²) >= 11 is 0. The van der Waals surface area contributed by atoms with E-state index in [-0.39, 0.29) is 25.8 Å². The van der Waals surface area contributed by atoms with Gasteiger partial charge in [0.1, 0.15) is 6.04 Å². The van der Waals surface area contributed by atoms with Crippen LogP contribution in [0.4, 0.5) is 0 Å². The van der Waals surface area contributed by atoms with Crippen molar-refractivity contribution in [3.05, 3.63) is 12.2 Å². The van der Waals surface area contributed by atoms with Crippen molar-refractivity contribution in [1.82, 2.24) is 0 Å². The molecule has 0 radical (unpaired) electrons. The van der Waals surface area contributed by atoms with Crippen LogP contribution in [-0.4, -0.2) is 57.3 Å². The Morgan fingerprint density at radius 3 is 1.56 bits per heavy atom. The van der Waals surface area contributed by atoms with Gasteiger partial charge in [-0.25, -0.2) is 9.59 Å². The number of aliphatic carboxylic acids is 3. The highest BCUT2D eigenvalue weighted by atomic mass is 16.4. The van der Waals surface area contributed by atoms with Gasteiger partial charge in [-0.3, -0.25) is 4.48 Å². The molecule has 0 spiro atoms. The van der Waals surface area contributed by atoms with E-state index in [2.05, 4.69) is 19.1 Å². The van der Waals surface area contributed by atoms with Crippen molar-refractivity contribution < 1.29 is 34.2 Å². The highest BCUT2D eigenvalue weighted by molar-refractivity contribution is 5.77. The van der Waals surface area contributed by atoms with Gasteiger partial charge in [0.15, 0.2) is 12.1 Å². The summed E-state index contributed by atoms with van der Waals surface area (Å²) in [6.07, 6.45) is 14.5. The van der Waals surface area contributed by atoms with Crippen molar-refractivity contribution in [2.24, 2.45) is 0 Å². The molecule has 7 heteroatoms. The number of nitrogens with zero attached hydrogens (tertiary/aromatic N) is 1. The molecular weight excluding hydrogens is 434 g/mol. The molecule has 34 heavy (non-hydrogen) atoms. The van der Waals surface area contributed by atoms with Gasteiger partial charge in [-0.15, -0.1) is 0 Å². The number of carbonyl (C=O) groups excluding carboxylic acids is 1. The van der Waals surface area contributed by atoms with Crippen molar-refractivity contribution >= 4 is 17.9 Å². The van der Waals surface area contributed by atoms with Crippen LogP contribution in [-0.2, 0) is 14.4 Å². The lowest BCUT2D eigenvalue weighted by Gasteiger charge is -2.52. The van der Waals surface area contributed by atoms with E-state index in [9.17, 15) is 29.7 Å². The number of carboxylic acids is 3. The number of quaternary nitrogens is 1. The molecule has 0 aliphatic rings. The Hall–Kier alpha value is -1.89. The van der Waals surface area contributed by atoms with E-state index in [1.807, 2.05) is 20.8 Å². The zero-order valence-electron chi connectivity index (χ0n) is 22.0. The van der Waals surface area contributed by atoms with E-state index in [1.54, 1.807) is 0 Å². The second kappa shape index (κ2) is 18.4. The standard InChI is InChI=1S/C27H49NO6/c1-5-9-10-11-12-13-14-15-16-17-21-28(22(18-6-2)25(29)30,23(19-7-3)26(31)32)24(20-8-4)27(33)34/h9-10,22-24H,5-8,11-21H2,1-4H3,(H2-,29,30,31,32,33,34)/b10-9+. The number of allylic oxidation sites excluding steroid dienone is 2. The quantitative estimate of drug-likeness (QED) is 0.128. The third kappa shape index (κ3) is 10.2. The van der Waals surface area contributed by atoms with Crippen LogP contribution in [0.2, 0.25) is 0 Å². The van der Waals surface area contributed by atoms with Gasteiger partial charge in [0.25, 0.3) is 0 Å². The van der Waals surface area contributed by atoms with Crippen LogP contribution in [0.3, 0.4) is 0 Å². The summed E-state index contributed by atoms with van der Waals surface area (Å²) in [6.45, 7) is 7.89. The van der Waals surface area contributed by atoms with Crippen LogP contribution in [0.25, 0.3) is 0 Å². The summed E-state index contributed by atoms with van der Waals surface area (Å²) in [5, 5.41) is 32.7. The monoisotopic (exact) mass is 483 g/mol. The summed E-state index contributed by atoms with van der Waals surface area (Å²) in [5.74, 6) is -3.58. The van der Waals surface area contributed by atoms with Crippen molar-refractivity contribution in [3.8, 4) is 0 Å². The summed E-state index contributed by atoms with van der Waals surface area (Å²) in [4.78, 5) is 37.3. The molecular formula is C27H49NO6. The predicted molar refractivity (Wildman–Crippen MR) is 133 cm³/mol. The van der Waals surface area contributed by atoms with Crippen LogP contribution in [0.15, 0.2) is 12.2 Å². The summed E-state index contributed by atoms with van der Waals surface area (Å²) in [5.41, 5.74) is 0. The van der Waals surface area contributed by atoms with E-state index < -0.39 is 40.5 Å². The Morgan fingerprint density at radius 2 is 1.15 bits per heavy atom. The average Bonchev–Trinajstić information content (AvgIpc) is 2.78. The number of unbranched alkanes of at least 4 members (excludes halogenated alkanes) is 6. The lowest BCUT2D eigenvalue weighted by Crippen LogP contribution is -2.74. The van der Waals surface area contributed by atoms with E-state index in [0.717, 1.165) is 44.9 Å². The minimum absolute atomic E-state index is 0.203. The first-order valence-electron chi connectivity index (χ1n) is 13.4. The highest BCUT2D eigenvalue weighted by Crippen LogP contribution is 2.34. The summed E-state index contributed by atoms with van der Waals surface area (Å²) in [7, 11) is 0. The van der Waals surface area contributed by atoms with E-state index >= 15 is 0 Å². The molecule has 0 aromatic heterocycles. The molecule has 0 bridgehead atoms. The van der Waals surface area contributed by atoms with Crippen LogP contribution < -0.4 is 5.11 Å². The Labute approximate surface area is 206 Å². The fraction of sp³-hybridized carbons (Fsp3) is 0.815. The van der Waals surface area contributed by atoms with Crippen LogP contribution in [0.5, 0.6) is 0 Å². The molecule has 2 N–H and O–H groups in total. The lowest BCUT2D eigenvalue weighted by atomic mass is 9.91. The zero-order valence-corrected chi connectivity index (χ0v) is 22.0. The second-order valence-corrected chi connectivity index (χ2v) is 9.42. The smallest absolute Gasteiger partial charge is 0.362 e. The lowest BCUT2D eigenvalue weighted by molar-refractivity contribution is -0.975. The second-order valence-electron chi connectivity index (χ2n) is 9.42. The molecule has 0 fully saturated rings. The first kappa shape index (κ1) is 32.1. The van der Waals surface area contributed by atoms with Crippen molar-refractivity contribution in [2.75, 3.05) is 6.54 Å². The van der Waals surface area contributed by atoms with Gasteiger partial charge in [-0.05, 0) is 44.9 Å². The molecule has 0 aromatic rings. The Balaban J connectivity index is 5.85. The molecule has 0 saturated heterocycles. The summed E-state index contributed by atoms with van der Waals surface area (Å²) in [6, 6.07) is -3.33. The summed E-state index contributed by atoms with van der Waals surface area (Å²) < 4.78 is -0.440. The first-order chi connectivity index (χ1) is 16.2. The number of hydrogen-bond donors (Lipinski definition) is 2. The average molecular weight is 484 g/mol. The van der Waals surface area contributed by atoms with E-state index in [4.69, 9.17) is 0 Å². The topological polar surface area (TPSA) is 115 Å². The number of carbonyl (C=O) groups is 3. The fourth-order valence-electron chi connectivity index (χ4n) is 5.27. The van der Waals surface area contributed by atoms with Gasteiger partial charge < -0.3 is 20.1 Å². The van der Waals surface area contributed by atoms with Crippen LogP contribution in [0, 0.1) is 0 Å². The molecule has 0 aliphatic heterocycles. The van der Waals surface area contributed by atoms with Crippen molar-refractivity contribution in [1.29, 1.82) is 0 Å². The van der Waals surface area contributed by atoms with E-state index in [0.29, 0.717) is 25.7 Å². The molecule has 3 unspecified atom stereocenters. The van der Waals surface area contributed by atoms with E-state index in [1.165, 1.54) is 0 Å². The van der Waals surface area contributed by atoms with Gasteiger partial charge in [0.05, 0.1) is 12.5 Å². The maximum atomic E-state index is 12.5. The minimum atomic E-state index is -1.34. The van der Waals surface area contributed by atoms with Gasteiger partial charge in [-0.1, -0.05) is 65.5 Å². The molecule has 0 aliphatic carbocycles. The highest BCUT2D eigenvalue weighted by Gasteiger charge is 2.54. The van der Waals surface area contributed by atoms with Gasteiger partial charge in [-0.2, -0.15) is 0 Å². The largest absolute Gasteiger partial charge is 0.544 e. The molecule has 198 valence electrons. The Kier molecular flexibility index (Phi) is 17.4. The molecule has 0 rings (SSSR count). The SMILES string of the molecule is CC/C=C/CCCCCCCC[N+](C(CCC)C(=O)[O-])(C(CCC)C(=O)O)C(CCC)C(=O)O. The maximum Gasteiger partial charge on any atom is 0.362 e. The predicted octanol–water partition coefficient (Wildman–Crippen LogP) is 4.93.